The molecular formula is C17H32O4. The summed E-state index contributed by atoms with van der Waals surface area (Å²) in [6.07, 6.45) is 4.08. The molecule has 0 saturated carbocycles. The largest absolute Gasteiger partial charge is 0.463 e. The van der Waals surface area contributed by atoms with Crippen LogP contribution in [0.15, 0.2) is 0 Å². The summed E-state index contributed by atoms with van der Waals surface area (Å²) in [4.78, 5) is 24.1. The van der Waals surface area contributed by atoms with E-state index in [1.54, 1.807) is 0 Å². The number of carbonyl (C=O) groups excluding carboxylic acids is 2. The monoisotopic (exact) mass is 300 g/mol. The van der Waals surface area contributed by atoms with Gasteiger partial charge in [-0.2, -0.15) is 0 Å². The van der Waals surface area contributed by atoms with Crippen molar-refractivity contribution in [2.45, 2.75) is 85.9 Å². The molecule has 0 amide bonds. The van der Waals surface area contributed by atoms with Gasteiger partial charge in [0.05, 0.1) is 24.5 Å². The number of carbonyl (C=O) groups is 2. The zero-order valence-corrected chi connectivity index (χ0v) is 14.5. The van der Waals surface area contributed by atoms with Crippen LogP contribution in [0.3, 0.4) is 0 Å². The van der Waals surface area contributed by atoms with Crippen molar-refractivity contribution in [1.82, 2.24) is 0 Å². The fourth-order valence-electron chi connectivity index (χ4n) is 2.24. The highest BCUT2D eigenvalue weighted by Gasteiger charge is 2.30. The topological polar surface area (TPSA) is 52.6 Å². The average Bonchev–Trinajstić information content (AvgIpc) is 2.34. The first-order chi connectivity index (χ1) is 9.77. The minimum atomic E-state index is -0.407. The van der Waals surface area contributed by atoms with Crippen molar-refractivity contribution in [3.63, 3.8) is 0 Å². The molecule has 0 aromatic carbocycles. The van der Waals surface area contributed by atoms with Gasteiger partial charge in [0.1, 0.15) is 0 Å². The predicted octanol–water partition coefficient (Wildman–Crippen LogP) is 4.11. The lowest BCUT2D eigenvalue weighted by molar-refractivity contribution is -0.161. The molecule has 124 valence electrons. The van der Waals surface area contributed by atoms with Crippen molar-refractivity contribution in [2.24, 2.45) is 11.8 Å². The number of hydrogen-bond acceptors (Lipinski definition) is 4. The molecule has 0 aromatic heterocycles. The summed E-state index contributed by atoms with van der Waals surface area (Å²) in [5, 5.41) is 0. The maximum Gasteiger partial charge on any atom is 0.310 e. The van der Waals surface area contributed by atoms with Crippen molar-refractivity contribution in [3.05, 3.63) is 0 Å². The highest BCUT2D eigenvalue weighted by Crippen LogP contribution is 2.24. The second-order valence-electron chi connectivity index (χ2n) is 6.31. The Kier molecular flexibility index (Phi) is 10.1. The van der Waals surface area contributed by atoms with E-state index >= 15 is 0 Å². The summed E-state index contributed by atoms with van der Waals surface area (Å²) < 4.78 is 10.5. The molecule has 0 N–H and O–H groups in total. The molecule has 0 aliphatic heterocycles. The summed E-state index contributed by atoms with van der Waals surface area (Å²) >= 11 is 0. The number of ether oxygens (including phenoxy) is 2. The van der Waals surface area contributed by atoms with Gasteiger partial charge in [-0.25, -0.2) is 0 Å². The predicted molar refractivity (Wildman–Crippen MR) is 83.9 cm³/mol. The molecular weight excluding hydrogens is 268 g/mol. The van der Waals surface area contributed by atoms with Gasteiger partial charge in [-0.05, 0) is 40.0 Å². The van der Waals surface area contributed by atoms with E-state index in [9.17, 15) is 9.59 Å². The summed E-state index contributed by atoms with van der Waals surface area (Å²) in [7, 11) is 0. The van der Waals surface area contributed by atoms with E-state index in [2.05, 4.69) is 6.92 Å². The lowest BCUT2D eigenvalue weighted by Gasteiger charge is -2.23. The molecule has 0 spiro atoms. The zero-order valence-electron chi connectivity index (χ0n) is 14.5. The maximum atomic E-state index is 12.2. The lowest BCUT2D eigenvalue weighted by atomic mass is 9.87. The minimum absolute atomic E-state index is 0.108. The summed E-state index contributed by atoms with van der Waals surface area (Å²) in [5.74, 6) is -0.884. The van der Waals surface area contributed by atoms with Gasteiger partial charge in [0, 0.05) is 0 Å². The van der Waals surface area contributed by atoms with E-state index < -0.39 is 5.92 Å². The van der Waals surface area contributed by atoms with Crippen LogP contribution in [-0.2, 0) is 19.1 Å². The van der Waals surface area contributed by atoms with Crippen molar-refractivity contribution < 1.29 is 19.1 Å². The van der Waals surface area contributed by atoms with Gasteiger partial charge in [-0.3, -0.25) is 9.59 Å². The average molecular weight is 300 g/mol. The molecule has 2 unspecified atom stereocenters. The highest BCUT2D eigenvalue weighted by atomic mass is 16.5. The Balaban J connectivity index is 4.66. The van der Waals surface area contributed by atoms with E-state index in [1.807, 2.05) is 34.6 Å². The Labute approximate surface area is 129 Å². The lowest BCUT2D eigenvalue weighted by Crippen LogP contribution is -2.30. The van der Waals surface area contributed by atoms with Crippen LogP contribution in [0.2, 0.25) is 0 Å². The van der Waals surface area contributed by atoms with E-state index in [1.165, 1.54) is 0 Å². The molecule has 0 radical (unpaired) electrons. The SMILES string of the molecule is CCCCCC(C)C(CC(=O)OC(C)C)C(=O)OC(C)C. The molecule has 0 aliphatic rings. The molecule has 0 fully saturated rings. The van der Waals surface area contributed by atoms with Gasteiger partial charge < -0.3 is 9.47 Å². The first-order valence-corrected chi connectivity index (χ1v) is 8.17. The highest BCUT2D eigenvalue weighted by molar-refractivity contribution is 5.80. The molecule has 0 saturated heterocycles. The third-order valence-corrected chi connectivity index (χ3v) is 3.36. The van der Waals surface area contributed by atoms with Crippen LogP contribution in [0, 0.1) is 11.8 Å². The van der Waals surface area contributed by atoms with Gasteiger partial charge in [-0.15, -0.1) is 0 Å². The van der Waals surface area contributed by atoms with Crippen LogP contribution in [0.4, 0.5) is 0 Å². The Bertz CT molecular complexity index is 310. The molecule has 0 heterocycles. The molecule has 0 rings (SSSR count). The summed E-state index contributed by atoms with van der Waals surface area (Å²) in [5.41, 5.74) is 0. The van der Waals surface area contributed by atoms with Crippen molar-refractivity contribution in [1.29, 1.82) is 0 Å². The normalized spacial score (nSPS) is 14.1. The van der Waals surface area contributed by atoms with Crippen LogP contribution in [0.25, 0.3) is 0 Å². The molecule has 4 heteroatoms. The maximum absolute atomic E-state index is 12.2. The van der Waals surface area contributed by atoms with E-state index in [0.717, 1.165) is 25.7 Å². The van der Waals surface area contributed by atoms with Crippen molar-refractivity contribution in [2.75, 3.05) is 0 Å². The van der Waals surface area contributed by atoms with E-state index in [0.29, 0.717) is 0 Å². The zero-order chi connectivity index (χ0) is 16.4. The summed E-state index contributed by atoms with van der Waals surface area (Å²) in [6, 6.07) is 0. The van der Waals surface area contributed by atoms with Gasteiger partial charge in [0.15, 0.2) is 0 Å². The third kappa shape index (κ3) is 9.48. The van der Waals surface area contributed by atoms with Gasteiger partial charge in [-0.1, -0.05) is 33.1 Å². The van der Waals surface area contributed by atoms with E-state index in [-0.39, 0.29) is 36.5 Å². The Morgan fingerprint density at radius 2 is 1.48 bits per heavy atom. The minimum Gasteiger partial charge on any atom is -0.463 e. The molecule has 21 heavy (non-hydrogen) atoms. The molecule has 0 bridgehead atoms. The first-order valence-electron chi connectivity index (χ1n) is 8.17. The number of esters is 2. The smallest absolute Gasteiger partial charge is 0.310 e. The summed E-state index contributed by atoms with van der Waals surface area (Å²) in [6.45, 7) is 11.4. The second kappa shape index (κ2) is 10.6. The van der Waals surface area contributed by atoms with Gasteiger partial charge in [0.2, 0.25) is 0 Å². The standard InChI is InChI=1S/C17H32O4/c1-7-8-9-10-14(6)15(17(19)21-13(4)5)11-16(18)20-12(2)3/h12-15H,7-11H2,1-6H3. The van der Waals surface area contributed by atoms with Crippen LogP contribution < -0.4 is 0 Å². The molecule has 4 nitrogen and oxygen atoms in total. The third-order valence-electron chi connectivity index (χ3n) is 3.36. The van der Waals surface area contributed by atoms with Crippen molar-refractivity contribution >= 4 is 11.9 Å². The molecule has 0 aromatic rings. The van der Waals surface area contributed by atoms with Crippen LogP contribution in [0.1, 0.15) is 73.6 Å². The number of rotatable bonds is 10. The Morgan fingerprint density at radius 1 is 0.905 bits per heavy atom. The van der Waals surface area contributed by atoms with Gasteiger partial charge in [0.25, 0.3) is 0 Å². The first kappa shape index (κ1) is 19.9. The van der Waals surface area contributed by atoms with E-state index in [4.69, 9.17) is 9.47 Å². The quantitative estimate of drug-likeness (QED) is 0.450. The number of unbranched alkanes of at least 4 members (excludes halogenated alkanes) is 2. The molecule has 0 aliphatic carbocycles. The Hall–Kier alpha value is -1.06. The van der Waals surface area contributed by atoms with Crippen LogP contribution in [-0.4, -0.2) is 24.1 Å². The van der Waals surface area contributed by atoms with Crippen LogP contribution >= 0.6 is 0 Å². The number of hydrogen-bond donors (Lipinski definition) is 0. The van der Waals surface area contributed by atoms with Crippen molar-refractivity contribution in [3.8, 4) is 0 Å². The Morgan fingerprint density at radius 3 is 1.95 bits per heavy atom. The fourth-order valence-corrected chi connectivity index (χ4v) is 2.24. The van der Waals surface area contributed by atoms with Gasteiger partial charge >= 0.3 is 11.9 Å². The van der Waals surface area contributed by atoms with Crippen LogP contribution in [0.5, 0.6) is 0 Å². The molecule has 2 atom stereocenters. The second-order valence-corrected chi connectivity index (χ2v) is 6.31. The fraction of sp³-hybridized carbons (Fsp3) is 0.882.